The molecule has 3 rings (SSSR count). The van der Waals surface area contributed by atoms with Gasteiger partial charge in [0.1, 0.15) is 0 Å². The summed E-state index contributed by atoms with van der Waals surface area (Å²) in [4.78, 5) is 27.6. The van der Waals surface area contributed by atoms with Crippen LogP contribution in [0.4, 0.5) is 0 Å². The lowest BCUT2D eigenvalue weighted by molar-refractivity contribution is -0.138. The van der Waals surface area contributed by atoms with Gasteiger partial charge in [0.25, 0.3) is 5.91 Å². The number of hydrogen-bond donors (Lipinski definition) is 1. The van der Waals surface area contributed by atoms with E-state index >= 15 is 0 Å². The molecule has 5 heteroatoms. The topological polar surface area (TPSA) is 74.3 Å². The van der Waals surface area contributed by atoms with E-state index in [1.54, 1.807) is 29.0 Å². The van der Waals surface area contributed by atoms with Gasteiger partial charge in [-0.25, -0.2) is 4.79 Å². The molecule has 0 atom stereocenters. The van der Waals surface area contributed by atoms with E-state index in [1.807, 2.05) is 42.5 Å². The zero-order valence-electron chi connectivity index (χ0n) is 12.2. The van der Waals surface area contributed by atoms with Gasteiger partial charge < -0.3 is 4.84 Å². The van der Waals surface area contributed by atoms with Gasteiger partial charge in [-0.1, -0.05) is 24.3 Å². The summed E-state index contributed by atoms with van der Waals surface area (Å²) in [7, 11) is 0. The SMILES string of the molecule is NOC(=O)C=Cc1ccc2c(ccn2C(=O)c2ccccc2)c1. The van der Waals surface area contributed by atoms with Crippen LogP contribution in [0.5, 0.6) is 0 Å². The summed E-state index contributed by atoms with van der Waals surface area (Å²) < 4.78 is 1.60. The van der Waals surface area contributed by atoms with E-state index in [9.17, 15) is 9.59 Å². The van der Waals surface area contributed by atoms with Crippen molar-refractivity contribution in [3.05, 3.63) is 78.0 Å². The second-order valence-corrected chi connectivity index (χ2v) is 4.95. The molecule has 1 aromatic heterocycles. The average Bonchev–Trinajstić information content (AvgIpc) is 3.02. The Kier molecular flexibility index (Phi) is 4.03. The largest absolute Gasteiger partial charge is 0.370 e. The van der Waals surface area contributed by atoms with E-state index in [1.165, 1.54) is 6.08 Å². The Bertz CT molecular complexity index is 895. The molecule has 0 bridgehead atoms. The molecule has 0 amide bonds. The number of benzene rings is 2. The number of aromatic nitrogens is 1. The summed E-state index contributed by atoms with van der Waals surface area (Å²) in [6.45, 7) is 0. The molecule has 2 N–H and O–H groups in total. The minimum atomic E-state index is -0.623. The summed E-state index contributed by atoms with van der Waals surface area (Å²) in [6.07, 6.45) is 4.58. The first-order valence-corrected chi connectivity index (χ1v) is 6.98. The molecule has 0 unspecified atom stereocenters. The Morgan fingerprint density at radius 2 is 1.83 bits per heavy atom. The Morgan fingerprint density at radius 3 is 2.57 bits per heavy atom. The number of carbonyl (C=O) groups is 2. The van der Waals surface area contributed by atoms with Crippen LogP contribution in [0.3, 0.4) is 0 Å². The molecule has 23 heavy (non-hydrogen) atoms. The van der Waals surface area contributed by atoms with Crippen molar-refractivity contribution in [1.29, 1.82) is 0 Å². The van der Waals surface area contributed by atoms with E-state index in [2.05, 4.69) is 4.84 Å². The Balaban J connectivity index is 1.95. The zero-order chi connectivity index (χ0) is 16.2. The van der Waals surface area contributed by atoms with Crippen LogP contribution in [-0.2, 0) is 9.63 Å². The normalized spacial score (nSPS) is 11.0. The first-order chi connectivity index (χ1) is 11.2. The van der Waals surface area contributed by atoms with Crippen LogP contribution >= 0.6 is 0 Å². The molecule has 0 aliphatic rings. The molecular weight excluding hydrogens is 292 g/mol. The Morgan fingerprint density at radius 1 is 1.04 bits per heavy atom. The molecule has 5 nitrogen and oxygen atoms in total. The van der Waals surface area contributed by atoms with Gasteiger partial charge >= 0.3 is 5.97 Å². The average molecular weight is 306 g/mol. The number of fused-ring (bicyclic) bond motifs is 1. The highest BCUT2D eigenvalue weighted by atomic mass is 16.7. The van der Waals surface area contributed by atoms with Gasteiger partial charge in [-0.15, -0.1) is 0 Å². The van der Waals surface area contributed by atoms with Gasteiger partial charge in [-0.3, -0.25) is 9.36 Å². The lowest BCUT2D eigenvalue weighted by Gasteiger charge is -2.04. The minimum Gasteiger partial charge on any atom is -0.370 e. The van der Waals surface area contributed by atoms with Gasteiger partial charge in [0.2, 0.25) is 0 Å². The summed E-state index contributed by atoms with van der Waals surface area (Å²) >= 11 is 0. The summed E-state index contributed by atoms with van der Waals surface area (Å²) in [5.74, 6) is 4.07. The number of rotatable bonds is 3. The number of carbonyl (C=O) groups excluding carboxylic acids is 2. The van der Waals surface area contributed by atoms with Gasteiger partial charge in [0.05, 0.1) is 5.52 Å². The lowest BCUT2D eigenvalue weighted by Crippen LogP contribution is -2.10. The maximum absolute atomic E-state index is 12.5. The van der Waals surface area contributed by atoms with Crippen LogP contribution in [0.1, 0.15) is 15.9 Å². The van der Waals surface area contributed by atoms with E-state index in [-0.39, 0.29) is 5.91 Å². The third-order valence-corrected chi connectivity index (χ3v) is 3.48. The molecule has 0 radical (unpaired) electrons. The predicted octanol–water partition coefficient (Wildman–Crippen LogP) is 2.76. The van der Waals surface area contributed by atoms with Crippen LogP contribution in [0.15, 0.2) is 66.9 Å². The molecule has 0 aliphatic carbocycles. The molecule has 0 aliphatic heterocycles. The highest BCUT2D eigenvalue weighted by Crippen LogP contribution is 2.20. The van der Waals surface area contributed by atoms with E-state index in [0.717, 1.165) is 16.5 Å². The first kappa shape index (κ1) is 14.7. The van der Waals surface area contributed by atoms with Crippen molar-refractivity contribution in [1.82, 2.24) is 4.57 Å². The third kappa shape index (κ3) is 3.04. The van der Waals surface area contributed by atoms with Crippen molar-refractivity contribution in [2.45, 2.75) is 0 Å². The van der Waals surface area contributed by atoms with E-state index in [4.69, 9.17) is 5.90 Å². The van der Waals surface area contributed by atoms with Crippen LogP contribution in [0, 0.1) is 0 Å². The fraction of sp³-hybridized carbons (Fsp3) is 0. The summed E-state index contributed by atoms with van der Waals surface area (Å²) in [5.41, 5.74) is 2.24. The highest BCUT2D eigenvalue weighted by Gasteiger charge is 2.10. The van der Waals surface area contributed by atoms with Crippen molar-refractivity contribution < 1.29 is 14.4 Å². The van der Waals surface area contributed by atoms with Crippen LogP contribution in [0.25, 0.3) is 17.0 Å². The quantitative estimate of drug-likeness (QED) is 0.596. The highest BCUT2D eigenvalue weighted by molar-refractivity contribution is 6.02. The van der Waals surface area contributed by atoms with Crippen molar-refractivity contribution >= 4 is 28.9 Å². The second kappa shape index (κ2) is 6.29. The fourth-order valence-corrected chi connectivity index (χ4v) is 2.37. The van der Waals surface area contributed by atoms with Gasteiger partial charge in [-0.05, 0) is 42.0 Å². The molecule has 3 aromatic rings. The predicted molar refractivity (Wildman–Crippen MR) is 87.4 cm³/mol. The zero-order valence-corrected chi connectivity index (χ0v) is 12.2. The number of hydrogen-bond acceptors (Lipinski definition) is 4. The van der Waals surface area contributed by atoms with Crippen molar-refractivity contribution in [2.24, 2.45) is 5.90 Å². The first-order valence-electron chi connectivity index (χ1n) is 6.98. The van der Waals surface area contributed by atoms with Crippen molar-refractivity contribution in [3.8, 4) is 0 Å². The molecule has 0 fully saturated rings. The Hall–Kier alpha value is -3.18. The Labute approximate surface area is 132 Å². The lowest BCUT2D eigenvalue weighted by atomic mass is 10.1. The van der Waals surface area contributed by atoms with Crippen molar-refractivity contribution in [2.75, 3.05) is 0 Å². The molecule has 0 saturated heterocycles. The van der Waals surface area contributed by atoms with E-state index in [0.29, 0.717) is 5.56 Å². The van der Waals surface area contributed by atoms with E-state index < -0.39 is 5.97 Å². The van der Waals surface area contributed by atoms with Crippen molar-refractivity contribution in [3.63, 3.8) is 0 Å². The number of nitrogens with zero attached hydrogens (tertiary/aromatic N) is 1. The summed E-state index contributed by atoms with van der Waals surface area (Å²) in [6, 6.07) is 16.5. The molecule has 114 valence electrons. The minimum absolute atomic E-state index is 0.0874. The van der Waals surface area contributed by atoms with Gasteiger partial charge in [0, 0.05) is 23.2 Å². The fourth-order valence-electron chi connectivity index (χ4n) is 2.37. The molecule has 0 spiro atoms. The third-order valence-electron chi connectivity index (χ3n) is 3.48. The molecular formula is C18H14N2O3. The molecule has 2 aromatic carbocycles. The monoisotopic (exact) mass is 306 g/mol. The maximum atomic E-state index is 12.5. The number of nitrogens with two attached hydrogens (primary N) is 1. The molecule has 1 heterocycles. The molecule has 0 saturated carbocycles. The maximum Gasteiger partial charge on any atom is 0.349 e. The second-order valence-electron chi connectivity index (χ2n) is 4.95. The van der Waals surface area contributed by atoms with Crippen LogP contribution in [-0.4, -0.2) is 16.4 Å². The van der Waals surface area contributed by atoms with Gasteiger partial charge in [-0.2, -0.15) is 5.90 Å². The van der Waals surface area contributed by atoms with Crippen LogP contribution < -0.4 is 5.90 Å². The van der Waals surface area contributed by atoms with Gasteiger partial charge in [0.15, 0.2) is 0 Å². The standard InChI is InChI=1S/C18H14N2O3/c19-23-17(21)9-7-13-6-8-16-15(12-13)10-11-20(16)18(22)14-4-2-1-3-5-14/h1-12H,19H2. The summed E-state index contributed by atoms with van der Waals surface area (Å²) in [5, 5.41) is 0.901. The van der Waals surface area contributed by atoms with Crippen LogP contribution in [0.2, 0.25) is 0 Å². The smallest absolute Gasteiger partial charge is 0.349 e.